The van der Waals surface area contributed by atoms with Gasteiger partial charge in [-0.15, -0.1) is 0 Å². The number of rotatable bonds is 6. The van der Waals surface area contributed by atoms with E-state index in [1.54, 1.807) is 24.3 Å². The lowest BCUT2D eigenvalue weighted by atomic mass is 10.1. The average Bonchev–Trinajstić information content (AvgIpc) is 2.48. The molecule has 2 aromatic rings. The van der Waals surface area contributed by atoms with Gasteiger partial charge in [-0.05, 0) is 38.7 Å². The van der Waals surface area contributed by atoms with Crippen molar-refractivity contribution in [3.8, 4) is 0 Å². The summed E-state index contributed by atoms with van der Waals surface area (Å²) < 4.78 is 27.4. The van der Waals surface area contributed by atoms with Crippen molar-refractivity contribution in [3.05, 3.63) is 65.7 Å². The van der Waals surface area contributed by atoms with Gasteiger partial charge in [-0.2, -0.15) is 0 Å². The second kappa shape index (κ2) is 7.05. The first-order valence-electron chi connectivity index (χ1n) is 7.18. The molecule has 0 amide bonds. The Hall–Kier alpha value is -1.69. The number of nitrogens with zero attached hydrogens (tertiary/aromatic N) is 1. The standard InChI is InChI=1S/C17H22N2O2S/c1-14-9-11-16(12-10-14)22(20,21)18-13-17(19(2)3)15-7-5-4-6-8-15/h4-12,17-18H,13H2,1-3H3. The predicted molar refractivity (Wildman–Crippen MR) is 89.2 cm³/mol. The number of likely N-dealkylation sites (N-methyl/N-ethyl adjacent to an activating group) is 1. The minimum Gasteiger partial charge on any atom is -0.301 e. The Kier molecular flexibility index (Phi) is 5.34. The smallest absolute Gasteiger partial charge is 0.240 e. The van der Waals surface area contributed by atoms with Gasteiger partial charge in [-0.1, -0.05) is 48.0 Å². The van der Waals surface area contributed by atoms with E-state index in [0.717, 1.165) is 11.1 Å². The molecule has 2 aromatic carbocycles. The quantitative estimate of drug-likeness (QED) is 0.890. The fourth-order valence-electron chi connectivity index (χ4n) is 2.26. The van der Waals surface area contributed by atoms with Crippen LogP contribution in [0, 0.1) is 6.92 Å². The molecule has 0 saturated carbocycles. The lowest BCUT2D eigenvalue weighted by Crippen LogP contribution is -2.34. The second-order valence-corrected chi connectivity index (χ2v) is 7.32. The molecule has 1 atom stereocenters. The zero-order chi connectivity index (χ0) is 16.2. The Morgan fingerprint density at radius 1 is 1.00 bits per heavy atom. The second-order valence-electron chi connectivity index (χ2n) is 5.56. The molecule has 0 heterocycles. The molecule has 0 spiro atoms. The Labute approximate surface area is 132 Å². The first kappa shape index (κ1) is 16.7. The lowest BCUT2D eigenvalue weighted by Gasteiger charge is -2.25. The van der Waals surface area contributed by atoms with Gasteiger partial charge < -0.3 is 4.90 Å². The number of nitrogens with one attached hydrogen (secondary N) is 1. The summed E-state index contributed by atoms with van der Waals surface area (Å²) in [7, 11) is 0.394. The van der Waals surface area contributed by atoms with Crippen molar-refractivity contribution in [2.24, 2.45) is 0 Å². The highest BCUT2D eigenvalue weighted by Gasteiger charge is 2.19. The van der Waals surface area contributed by atoms with E-state index in [1.807, 2.05) is 56.3 Å². The van der Waals surface area contributed by atoms with Crippen molar-refractivity contribution in [2.45, 2.75) is 17.9 Å². The van der Waals surface area contributed by atoms with E-state index in [-0.39, 0.29) is 6.04 Å². The third kappa shape index (κ3) is 4.16. The van der Waals surface area contributed by atoms with Gasteiger partial charge >= 0.3 is 0 Å². The Morgan fingerprint density at radius 2 is 1.59 bits per heavy atom. The van der Waals surface area contributed by atoms with Crippen LogP contribution < -0.4 is 4.72 Å². The minimum atomic E-state index is -3.49. The van der Waals surface area contributed by atoms with Crippen molar-refractivity contribution in [2.75, 3.05) is 20.6 Å². The van der Waals surface area contributed by atoms with Crippen LogP contribution in [0.25, 0.3) is 0 Å². The molecule has 0 aliphatic heterocycles. The molecule has 0 fully saturated rings. The maximum absolute atomic E-state index is 12.4. The van der Waals surface area contributed by atoms with Crippen LogP contribution in [0.1, 0.15) is 17.2 Å². The summed E-state index contributed by atoms with van der Waals surface area (Å²) in [5.74, 6) is 0. The maximum atomic E-state index is 12.4. The third-order valence-electron chi connectivity index (χ3n) is 3.61. The fraction of sp³-hybridized carbons (Fsp3) is 0.294. The summed E-state index contributed by atoms with van der Waals surface area (Å²) in [6.45, 7) is 2.26. The minimum absolute atomic E-state index is 0.0126. The van der Waals surface area contributed by atoms with Gasteiger partial charge in [0.15, 0.2) is 0 Å². The van der Waals surface area contributed by atoms with E-state index in [0.29, 0.717) is 11.4 Å². The van der Waals surface area contributed by atoms with Crippen molar-refractivity contribution in [3.63, 3.8) is 0 Å². The predicted octanol–water partition coefficient (Wildman–Crippen LogP) is 2.58. The molecule has 0 aliphatic rings. The first-order valence-corrected chi connectivity index (χ1v) is 8.66. The van der Waals surface area contributed by atoms with Crippen LogP contribution in [0.3, 0.4) is 0 Å². The van der Waals surface area contributed by atoms with E-state index >= 15 is 0 Å². The summed E-state index contributed by atoms with van der Waals surface area (Å²) >= 11 is 0. The third-order valence-corrected chi connectivity index (χ3v) is 5.05. The summed E-state index contributed by atoms with van der Waals surface area (Å²) in [5, 5.41) is 0. The summed E-state index contributed by atoms with van der Waals surface area (Å²) in [4.78, 5) is 2.30. The van der Waals surface area contributed by atoms with Gasteiger partial charge in [-0.3, -0.25) is 0 Å². The lowest BCUT2D eigenvalue weighted by molar-refractivity contribution is 0.299. The van der Waals surface area contributed by atoms with Crippen LogP contribution in [0.4, 0.5) is 0 Å². The van der Waals surface area contributed by atoms with E-state index in [4.69, 9.17) is 0 Å². The zero-order valence-corrected chi connectivity index (χ0v) is 14.0. The molecule has 5 heteroatoms. The van der Waals surface area contributed by atoms with E-state index in [1.165, 1.54) is 0 Å². The molecule has 22 heavy (non-hydrogen) atoms. The van der Waals surface area contributed by atoms with Crippen LogP contribution >= 0.6 is 0 Å². The Bertz CT molecular complexity index is 695. The van der Waals surface area contributed by atoms with Gasteiger partial charge in [0.1, 0.15) is 0 Å². The van der Waals surface area contributed by atoms with Crippen molar-refractivity contribution < 1.29 is 8.42 Å². The fourth-order valence-corrected chi connectivity index (χ4v) is 3.30. The SMILES string of the molecule is Cc1ccc(S(=O)(=O)NCC(c2ccccc2)N(C)C)cc1. The van der Waals surface area contributed by atoms with Crippen LogP contribution in [0.5, 0.6) is 0 Å². The summed E-state index contributed by atoms with van der Waals surface area (Å²) in [6.07, 6.45) is 0. The van der Waals surface area contributed by atoms with Gasteiger partial charge in [-0.25, -0.2) is 13.1 Å². The van der Waals surface area contributed by atoms with Gasteiger partial charge in [0.2, 0.25) is 10.0 Å². The van der Waals surface area contributed by atoms with Crippen molar-refractivity contribution in [1.29, 1.82) is 0 Å². The maximum Gasteiger partial charge on any atom is 0.240 e. The molecule has 0 saturated heterocycles. The van der Waals surface area contributed by atoms with E-state index in [9.17, 15) is 8.42 Å². The Morgan fingerprint density at radius 3 is 2.14 bits per heavy atom. The molecule has 4 nitrogen and oxygen atoms in total. The van der Waals surface area contributed by atoms with Crippen LogP contribution in [0.15, 0.2) is 59.5 Å². The largest absolute Gasteiger partial charge is 0.301 e. The number of hydrogen-bond acceptors (Lipinski definition) is 3. The van der Waals surface area contributed by atoms with Crippen molar-refractivity contribution >= 4 is 10.0 Å². The van der Waals surface area contributed by atoms with E-state index < -0.39 is 10.0 Å². The van der Waals surface area contributed by atoms with Crippen molar-refractivity contribution in [1.82, 2.24) is 9.62 Å². The van der Waals surface area contributed by atoms with Crippen LogP contribution in [-0.4, -0.2) is 34.0 Å². The summed E-state index contributed by atoms with van der Waals surface area (Å²) in [6, 6.07) is 16.7. The monoisotopic (exact) mass is 318 g/mol. The molecule has 118 valence electrons. The topological polar surface area (TPSA) is 49.4 Å². The van der Waals surface area contributed by atoms with Gasteiger partial charge in [0.05, 0.1) is 4.90 Å². The molecule has 0 aromatic heterocycles. The summed E-state index contributed by atoms with van der Waals surface area (Å²) in [5.41, 5.74) is 2.12. The average molecular weight is 318 g/mol. The highest BCUT2D eigenvalue weighted by atomic mass is 32.2. The molecule has 0 aliphatic carbocycles. The van der Waals surface area contributed by atoms with Crippen LogP contribution in [0.2, 0.25) is 0 Å². The number of sulfonamides is 1. The van der Waals surface area contributed by atoms with Crippen LogP contribution in [-0.2, 0) is 10.0 Å². The molecule has 2 rings (SSSR count). The number of aryl methyl sites for hydroxylation is 1. The zero-order valence-electron chi connectivity index (χ0n) is 13.2. The van der Waals surface area contributed by atoms with Gasteiger partial charge in [0, 0.05) is 12.6 Å². The molecular weight excluding hydrogens is 296 g/mol. The number of benzene rings is 2. The molecule has 1 N–H and O–H groups in total. The molecule has 0 radical (unpaired) electrons. The highest BCUT2D eigenvalue weighted by molar-refractivity contribution is 7.89. The normalized spacial score (nSPS) is 13.3. The van der Waals surface area contributed by atoms with E-state index in [2.05, 4.69) is 4.72 Å². The molecular formula is C17H22N2O2S. The van der Waals surface area contributed by atoms with Gasteiger partial charge in [0.25, 0.3) is 0 Å². The highest BCUT2D eigenvalue weighted by Crippen LogP contribution is 2.18. The Balaban J connectivity index is 2.14. The first-order chi connectivity index (χ1) is 10.4. The molecule has 0 bridgehead atoms. The number of hydrogen-bond donors (Lipinski definition) is 1. The molecule has 1 unspecified atom stereocenters.